The molecule has 1 aliphatic carbocycles. The van der Waals surface area contributed by atoms with Crippen LogP contribution in [0.3, 0.4) is 0 Å². The van der Waals surface area contributed by atoms with E-state index >= 15 is 0 Å². The Bertz CT molecular complexity index is 622. The molecule has 0 heterocycles. The second-order valence-electron chi connectivity index (χ2n) is 8.03. The molecule has 0 N–H and O–H groups in total. The third-order valence-corrected chi connectivity index (χ3v) is 5.72. The third kappa shape index (κ3) is 8.75. The highest BCUT2D eigenvalue weighted by atomic mass is 19.4. The molecule has 0 unspecified atom stereocenters. The number of ether oxygens (including phenoxy) is 1. The van der Waals surface area contributed by atoms with E-state index in [4.69, 9.17) is 0 Å². The summed E-state index contributed by atoms with van der Waals surface area (Å²) in [5, 5.41) is 0. The van der Waals surface area contributed by atoms with Crippen molar-refractivity contribution in [3.05, 3.63) is 41.5 Å². The molecule has 0 spiro atoms. The van der Waals surface area contributed by atoms with Gasteiger partial charge in [-0.05, 0) is 61.6 Å². The fourth-order valence-electron chi connectivity index (χ4n) is 4.13. The van der Waals surface area contributed by atoms with Gasteiger partial charge in [-0.25, -0.2) is 8.78 Å². The Labute approximate surface area is 170 Å². The van der Waals surface area contributed by atoms with Gasteiger partial charge < -0.3 is 4.74 Å². The molecule has 0 amide bonds. The van der Waals surface area contributed by atoms with E-state index in [2.05, 4.69) is 23.8 Å². The van der Waals surface area contributed by atoms with Gasteiger partial charge in [0, 0.05) is 0 Å². The summed E-state index contributed by atoms with van der Waals surface area (Å²) in [6.07, 6.45) is 11.2. The van der Waals surface area contributed by atoms with Crippen LogP contribution < -0.4 is 4.74 Å². The molecule has 0 aliphatic heterocycles. The number of benzene rings is 1. The van der Waals surface area contributed by atoms with Crippen molar-refractivity contribution in [1.82, 2.24) is 0 Å². The zero-order chi connectivity index (χ0) is 21.3. The Hall–Kier alpha value is -1.59. The fourth-order valence-corrected chi connectivity index (χ4v) is 4.13. The minimum atomic E-state index is -5.12. The van der Waals surface area contributed by atoms with Crippen LogP contribution in [0.4, 0.5) is 22.0 Å². The molecule has 0 saturated heterocycles. The van der Waals surface area contributed by atoms with Crippen molar-refractivity contribution >= 4 is 0 Å². The van der Waals surface area contributed by atoms with E-state index in [1.165, 1.54) is 32.1 Å². The first-order chi connectivity index (χ1) is 13.8. The molecule has 1 aliphatic rings. The van der Waals surface area contributed by atoms with Crippen molar-refractivity contribution < 1.29 is 26.7 Å². The molecule has 0 aromatic heterocycles. The van der Waals surface area contributed by atoms with E-state index in [0.717, 1.165) is 50.2 Å². The van der Waals surface area contributed by atoms with Crippen LogP contribution in [0.25, 0.3) is 0 Å². The van der Waals surface area contributed by atoms with Gasteiger partial charge in [-0.3, -0.25) is 0 Å². The minimum absolute atomic E-state index is 0.372. The van der Waals surface area contributed by atoms with Crippen molar-refractivity contribution in [3.8, 4) is 5.75 Å². The van der Waals surface area contributed by atoms with Gasteiger partial charge in [0.2, 0.25) is 5.75 Å². The highest BCUT2D eigenvalue weighted by molar-refractivity contribution is 5.31. The molecule has 0 bridgehead atoms. The minimum Gasteiger partial charge on any atom is -0.399 e. The Balaban J connectivity index is 1.71. The van der Waals surface area contributed by atoms with Crippen molar-refractivity contribution in [2.75, 3.05) is 0 Å². The summed E-state index contributed by atoms with van der Waals surface area (Å²) in [6.45, 7) is 2.14. The van der Waals surface area contributed by atoms with Crippen LogP contribution in [-0.4, -0.2) is 6.36 Å². The van der Waals surface area contributed by atoms with Crippen LogP contribution in [0, 0.1) is 23.5 Å². The standard InChI is InChI=1S/C23H31F5O/c1-2-3-4-5-6-7-8-17-9-11-18(12-10-17)13-14-19-15-20(24)22(21(25)16-19)29-23(26,27)28/h3-4,15-18H,2,5-14H2,1H3. The molecule has 1 saturated carbocycles. The number of unbranched alkanes of at least 4 members (excludes halogenated alkanes) is 2. The molecule has 164 valence electrons. The summed E-state index contributed by atoms with van der Waals surface area (Å²) < 4.78 is 67.7. The van der Waals surface area contributed by atoms with E-state index in [1.807, 2.05) is 0 Å². The van der Waals surface area contributed by atoms with E-state index in [0.29, 0.717) is 17.9 Å². The van der Waals surface area contributed by atoms with Crippen molar-refractivity contribution in [1.29, 1.82) is 0 Å². The van der Waals surface area contributed by atoms with Crippen LogP contribution in [0.2, 0.25) is 0 Å². The monoisotopic (exact) mass is 418 g/mol. The first-order valence-corrected chi connectivity index (χ1v) is 10.7. The van der Waals surface area contributed by atoms with Crippen LogP contribution in [-0.2, 0) is 6.42 Å². The highest BCUT2D eigenvalue weighted by Gasteiger charge is 2.34. The first kappa shape index (κ1) is 23.7. The maximum atomic E-state index is 13.8. The normalized spacial score (nSPS) is 20.3. The number of alkyl halides is 3. The SMILES string of the molecule is CCC=CCCCCC1CCC(CCc2cc(F)c(OC(F)(F)F)c(F)c2)CC1. The lowest BCUT2D eigenvalue weighted by atomic mass is 9.78. The Morgan fingerprint density at radius 3 is 2.07 bits per heavy atom. The molecule has 0 radical (unpaired) electrons. The molecular weight excluding hydrogens is 387 g/mol. The van der Waals surface area contributed by atoms with E-state index in [-0.39, 0.29) is 0 Å². The van der Waals surface area contributed by atoms with Crippen molar-refractivity contribution in [2.45, 2.75) is 83.9 Å². The number of rotatable bonds is 10. The predicted octanol–water partition coefficient (Wildman–Crippen LogP) is 8.13. The lowest BCUT2D eigenvalue weighted by molar-refractivity contribution is -0.276. The topological polar surface area (TPSA) is 9.23 Å². The van der Waals surface area contributed by atoms with E-state index in [9.17, 15) is 22.0 Å². The van der Waals surface area contributed by atoms with Gasteiger partial charge in [0.25, 0.3) is 0 Å². The van der Waals surface area contributed by atoms with Gasteiger partial charge in [-0.2, -0.15) is 0 Å². The summed E-state index contributed by atoms with van der Waals surface area (Å²) in [6, 6.07) is 1.89. The molecule has 1 aromatic carbocycles. The summed E-state index contributed by atoms with van der Waals surface area (Å²) >= 11 is 0. The van der Waals surface area contributed by atoms with Crippen LogP contribution in [0.15, 0.2) is 24.3 Å². The summed E-state index contributed by atoms with van der Waals surface area (Å²) in [4.78, 5) is 0. The van der Waals surface area contributed by atoms with Crippen molar-refractivity contribution in [3.63, 3.8) is 0 Å². The molecule has 6 heteroatoms. The Kier molecular flexibility index (Phi) is 9.44. The second-order valence-corrected chi connectivity index (χ2v) is 8.03. The number of hydrogen-bond donors (Lipinski definition) is 0. The average molecular weight is 418 g/mol. The van der Waals surface area contributed by atoms with Gasteiger partial charge in [0.15, 0.2) is 11.6 Å². The Morgan fingerprint density at radius 1 is 0.931 bits per heavy atom. The summed E-state index contributed by atoms with van der Waals surface area (Å²) in [7, 11) is 0. The van der Waals surface area contributed by atoms with Crippen LogP contribution >= 0.6 is 0 Å². The third-order valence-electron chi connectivity index (χ3n) is 5.72. The smallest absolute Gasteiger partial charge is 0.399 e. The summed E-state index contributed by atoms with van der Waals surface area (Å²) in [5.41, 5.74) is 0.372. The maximum absolute atomic E-state index is 13.8. The lowest BCUT2D eigenvalue weighted by Gasteiger charge is -2.28. The predicted molar refractivity (Wildman–Crippen MR) is 105 cm³/mol. The summed E-state index contributed by atoms with van der Waals surface area (Å²) in [5.74, 6) is -2.72. The Morgan fingerprint density at radius 2 is 1.52 bits per heavy atom. The van der Waals surface area contributed by atoms with Crippen molar-refractivity contribution in [2.24, 2.45) is 11.8 Å². The van der Waals surface area contributed by atoms with Gasteiger partial charge in [-0.1, -0.05) is 57.6 Å². The maximum Gasteiger partial charge on any atom is 0.573 e. The molecule has 1 fully saturated rings. The molecule has 1 nitrogen and oxygen atoms in total. The molecular formula is C23H31F5O. The molecule has 29 heavy (non-hydrogen) atoms. The molecule has 2 rings (SSSR count). The zero-order valence-corrected chi connectivity index (χ0v) is 17.0. The van der Waals surface area contributed by atoms with Gasteiger partial charge in [0.05, 0.1) is 0 Å². The average Bonchev–Trinajstić information content (AvgIpc) is 2.66. The second kappa shape index (κ2) is 11.6. The van der Waals surface area contributed by atoms with E-state index < -0.39 is 23.7 Å². The van der Waals surface area contributed by atoms with Gasteiger partial charge in [0.1, 0.15) is 0 Å². The number of hydrogen-bond acceptors (Lipinski definition) is 1. The van der Waals surface area contributed by atoms with Crippen LogP contribution in [0.5, 0.6) is 5.75 Å². The largest absolute Gasteiger partial charge is 0.573 e. The highest BCUT2D eigenvalue weighted by Crippen LogP contribution is 2.35. The van der Waals surface area contributed by atoms with Gasteiger partial charge in [-0.15, -0.1) is 13.2 Å². The molecule has 1 aromatic rings. The zero-order valence-electron chi connectivity index (χ0n) is 17.0. The van der Waals surface area contributed by atoms with Gasteiger partial charge >= 0.3 is 6.36 Å². The quantitative estimate of drug-likeness (QED) is 0.212. The number of halogens is 5. The van der Waals surface area contributed by atoms with Crippen LogP contribution in [0.1, 0.15) is 76.7 Å². The number of allylic oxidation sites excluding steroid dienone is 2. The fraction of sp³-hybridized carbons (Fsp3) is 0.652. The lowest BCUT2D eigenvalue weighted by Crippen LogP contribution is -2.19. The van der Waals surface area contributed by atoms with E-state index in [1.54, 1.807) is 0 Å². The first-order valence-electron chi connectivity index (χ1n) is 10.7. The number of aryl methyl sites for hydroxylation is 1. The molecule has 0 atom stereocenters.